The number of ether oxygens (including phenoxy) is 3. The molecular weight excluding hydrogens is 997 g/mol. The average Bonchev–Trinajstić information content (AvgIpc) is 3.47. The highest BCUT2D eigenvalue weighted by Crippen LogP contribution is 2.19. The maximum Gasteiger partial charge on any atom is 0.306 e. The van der Waals surface area contributed by atoms with Crippen LogP contribution in [-0.2, 0) is 28.6 Å². The van der Waals surface area contributed by atoms with E-state index < -0.39 is 6.10 Å². The fourth-order valence-electron chi connectivity index (χ4n) is 11.4. The van der Waals surface area contributed by atoms with Gasteiger partial charge in [0.25, 0.3) is 0 Å². The maximum atomic E-state index is 12.9. The average molecular weight is 1140 g/mol. The van der Waals surface area contributed by atoms with E-state index in [9.17, 15) is 14.4 Å². The first kappa shape index (κ1) is 78.9. The van der Waals surface area contributed by atoms with Crippen LogP contribution in [0.25, 0.3) is 0 Å². The lowest BCUT2D eigenvalue weighted by Gasteiger charge is -2.18. The summed E-state index contributed by atoms with van der Waals surface area (Å²) in [6, 6.07) is 0. The van der Waals surface area contributed by atoms with Gasteiger partial charge in [0.1, 0.15) is 13.2 Å². The summed E-state index contributed by atoms with van der Waals surface area (Å²) in [6.45, 7) is 6.68. The van der Waals surface area contributed by atoms with Gasteiger partial charge in [-0.3, -0.25) is 14.4 Å². The Morgan fingerprint density at radius 3 is 0.679 bits per heavy atom. The van der Waals surface area contributed by atoms with E-state index in [0.717, 1.165) is 64.2 Å². The molecule has 6 heteroatoms. The molecule has 0 bridgehead atoms. The Bertz CT molecular complexity index is 1310. The van der Waals surface area contributed by atoms with Crippen LogP contribution in [0.1, 0.15) is 419 Å². The zero-order valence-corrected chi connectivity index (χ0v) is 55.1. The summed E-state index contributed by atoms with van der Waals surface area (Å²) in [6.07, 6.45) is 86.8. The first-order valence-corrected chi connectivity index (χ1v) is 36.8. The Morgan fingerprint density at radius 1 is 0.247 bits per heavy atom. The van der Waals surface area contributed by atoms with E-state index >= 15 is 0 Å². The van der Waals surface area contributed by atoms with Gasteiger partial charge in [-0.15, -0.1) is 0 Å². The van der Waals surface area contributed by atoms with Crippen LogP contribution < -0.4 is 0 Å². The minimum Gasteiger partial charge on any atom is -0.462 e. The number of carbonyl (C=O) groups is 3. The lowest BCUT2D eigenvalue weighted by Crippen LogP contribution is -2.30. The van der Waals surface area contributed by atoms with Crippen LogP contribution in [0.2, 0.25) is 0 Å². The third-order valence-corrected chi connectivity index (χ3v) is 17.0. The Balaban J connectivity index is 4.00. The molecule has 0 spiro atoms. The van der Waals surface area contributed by atoms with Crippen molar-refractivity contribution in [2.75, 3.05) is 13.2 Å². The van der Waals surface area contributed by atoms with E-state index in [4.69, 9.17) is 14.2 Å². The molecule has 0 fully saturated rings. The van der Waals surface area contributed by atoms with Crippen molar-refractivity contribution in [3.05, 3.63) is 24.3 Å². The van der Waals surface area contributed by atoms with Gasteiger partial charge >= 0.3 is 17.9 Å². The van der Waals surface area contributed by atoms with Gasteiger partial charge < -0.3 is 14.2 Å². The van der Waals surface area contributed by atoms with E-state index in [1.807, 2.05) is 0 Å². The second-order valence-electron chi connectivity index (χ2n) is 25.2. The molecule has 0 aromatic heterocycles. The van der Waals surface area contributed by atoms with Crippen LogP contribution in [0.5, 0.6) is 0 Å². The van der Waals surface area contributed by atoms with Gasteiger partial charge in [-0.1, -0.05) is 373 Å². The molecule has 0 aliphatic rings. The molecule has 81 heavy (non-hydrogen) atoms. The summed E-state index contributed by atoms with van der Waals surface area (Å²) in [4.78, 5) is 38.3. The molecule has 0 aliphatic carbocycles. The summed E-state index contributed by atoms with van der Waals surface area (Å²) in [5.74, 6) is -0.843. The summed E-state index contributed by atoms with van der Waals surface area (Å²) in [7, 11) is 0. The highest BCUT2D eigenvalue weighted by Gasteiger charge is 2.20. The third kappa shape index (κ3) is 68.6. The Hall–Kier alpha value is -2.11. The van der Waals surface area contributed by atoms with Gasteiger partial charge in [0.15, 0.2) is 6.10 Å². The molecule has 0 heterocycles. The molecule has 478 valence electrons. The first-order chi connectivity index (χ1) is 40.0. The van der Waals surface area contributed by atoms with Crippen molar-refractivity contribution in [2.24, 2.45) is 0 Å². The highest BCUT2D eigenvalue weighted by atomic mass is 16.6. The van der Waals surface area contributed by atoms with E-state index in [1.54, 1.807) is 0 Å². The fourth-order valence-corrected chi connectivity index (χ4v) is 11.4. The van der Waals surface area contributed by atoms with Crippen LogP contribution >= 0.6 is 0 Å². The summed E-state index contributed by atoms with van der Waals surface area (Å²) in [5, 5.41) is 0. The number of carbonyl (C=O) groups excluding carboxylic acids is 3. The van der Waals surface area contributed by atoms with Gasteiger partial charge in [-0.05, 0) is 51.4 Å². The van der Waals surface area contributed by atoms with Crippen molar-refractivity contribution in [2.45, 2.75) is 425 Å². The SMILES string of the molecule is CCCCCCC/C=C\C/C=C\CCCCCCCCCCCCCC(=O)OC(COC(=O)CCCCCCCCCC)COC(=O)CCCCCCCCCCCCCCCCCCCCCCCCCCCCCCCCCC. The molecule has 1 atom stereocenters. The van der Waals surface area contributed by atoms with E-state index in [2.05, 4.69) is 45.1 Å². The molecule has 0 saturated carbocycles. The Kier molecular flexibility index (Phi) is 68.5. The molecule has 0 aromatic rings. The molecule has 0 amide bonds. The molecule has 0 radical (unpaired) electrons. The van der Waals surface area contributed by atoms with Gasteiger partial charge in [0.2, 0.25) is 0 Å². The molecular formula is C75H142O6. The lowest BCUT2D eigenvalue weighted by atomic mass is 10.0. The highest BCUT2D eigenvalue weighted by molar-refractivity contribution is 5.71. The number of allylic oxidation sites excluding steroid dienone is 4. The van der Waals surface area contributed by atoms with Gasteiger partial charge in [-0.2, -0.15) is 0 Å². The second kappa shape index (κ2) is 70.4. The fraction of sp³-hybridized carbons (Fsp3) is 0.907. The third-order valence-electron chi connectivity index (χ3n) is 17.0. The summed E-state index contributed by atoms with van der Waals surface area (Å²) < 4.78 is 16.9. The van der Waals surface area contributed by atoms with Crippen LogP contribution in [0, 0.1) is 0 Å². The van der Waals surface area contributed by atoms with Crippen molar-refractivity contribution in [3.8, 4) is 0 Å². The van der Waals surface area contributed by atoms with Crippen molar-refractivity contribution in [3.63, 3.8) is 0 Å². The second-order valence-corrected chi connectivity index (χ2v) is 25.2. The van der Waals surface area contributed by atoms with Gasteiger partial charge in [0.05, 0.1) is 0 Å². The van der Waals surface area contributed by atoms with E-state index in [1.165, 1.54) is 315 Å². The van der Waals surface area contributed by atoms with Crippen LogP contribution in [0.15, 0.2) is 24.3 Å². The predicted molar refractivity (Wildman–Crippen MR) is 353 cm³/mol. The smallest absolute Gasteiger partial charge is 0.306 e. The summed E-state index contributed by atoms with van der Waals surface area (Å²) >= 11 is 0. The van der Waals surface area contributed by atoms with Crippen LogP contribution in [0.4, 0.5) is 0 Å². The maximum absolute atomic E-state index is 12.9. The first-order valence-electron chi connectivity index (χ1n) is 36.8. The van der Waals surface area contributed by atoms with Crippen LogP contribution in [-0.4, -0.2) is 37.2 Å². The number of esters is 3. The molecule has 6 nitrogen and oxygen atoms in total. The standard InChI is InChI=1S/C75H142O6/c1-4-7-10-13-16-19-21-23-25-27-29-31-33-34-35-36-37-38-39-40-41-43-44-46-48-50-52-54-56-59-62-65-68-74(77)80-71-72(70-79-73(76)67-64-61-58-18-15-12-9-6-3)81-75(78)69-66-63-60-57-55-53-51-49-47-45-42-32-30-28-26-24-22-20-17-14-11-8-5-2/h22,24,28,30,72H,4-21,23,25-27,29,31-71H2,1-3H3/b24-22-,30-28-. The normalized spacial score (nSPS) is 12.1. The number of hydrogen-bond acceptors (Lipinski definition) is 6. The molecule has 1 unspecified atom stereocenters. The van der Waals surface area contributed by atoms with Crippen molar-refractivity contribution in [1.82, 2.24) is 0 Å². The van der Waals surface area contributed by atoms with Crippen molar-refractivity contribution >= 4 is 17.9 Å². The van der Waals surface area contributed by atoms with E-state index in [-0.39, 0.29) is 31.1 Å². The number of rotatable bonds is 69. The number of unbranched alkanes of at least 4 members (excludes halogenated alkanes) is 54. The molecule has 0 rings (SSSR count). The lowest BCUT2D eigenvalue weighted by molar-refractivity contribution is -0.167. The minimum atomic E-state index is -0.768. The zero-order valence-electron chi connectivity index (χ0n) is 55.1. The van der Waals surface area contributed by atoms with E-state index in [0.29, 0.717) is 19.3 Å². The van der Waals surface area contributed by atoms with Gasteiger partial charge in [-0.25, -0.2) is 0 Å². The van der Waals surface area contributed by atoms with Crippen molar-refractivity contribution < 1.29 is 28.6 Å². The van der Waals surface area contributed by atoms with Gasteiger partial charge in [0, 0.05) is 19.3 Å². The Labute approximate surface area is 506 Å². The molecule has 0 N–H and O–H groups in total. The molecule has 0 aliphatic heterocycles. The minimum absolute atomic E-state index is 0.0660. The Morgan fingerprint density at radius 2 is 0.444 bits per heavy atom. The van der Waals surface area contributed by atoms with Crippen molar-refractivity contribution in [1.29, 1.82) is 0 Å². The largest absolute Gasteiger partial charge is 0.462 e. The molecule has 0 saturated heterocycles. The topological polar surface area (TPSA) is 78.9 Å². The number of hydrogen-bond donors (Lipinski definition) is 0. The molecule has 0 aromatic carbocycles. The predicted octanol–water partition coefficient (Wildman–Crippen LogP) is 25.3. The quantitative estimate of drug-likeness (QED) is 0.0261. The van der Waals surface area contributed by atoms with Crippen LogP contribution in [0.3, 0.4) is 0 Å². The summed E-state index contributed by atoms with van der Waals surface area (Å²) in [5.41, 5.74) is 0. The zero-order chi connectivity index (χ0) is 58.5. The monoisotopic (exact) mass is 1140 g/mol.